The fraction of sp³-hybridized carbons (Fsp3) is 0.412. The number of benzene rings is 1. The quantitative estimate of drug-likeness (QED) is 0.859. The summed E-state index contributed by atoms with van der Waals surface area (Å²) in [6, 6.07) is 7.95. The van der Waals surface area contributed by atoms with Gasteiger partial charge in [0.15, 0.2) is 0 Å². The Morgan fingerprint density at radius 2 is 1.96 bits per heavy atom. The van der Waals surface area contributed by atoms with Crippen molar-refractivity contribution < 1.29 is 4.74 Å². The van der Waals surface area contributed by atoms with Crippen molar-refractivity contribution in [2.45, 2.75) is 0 Å². The number of ether oxygens (including phenoxy) is 1. The van der Waals surface area contributed by atoms with Gasteiger partial charge in [-0.25, -0.2) is 4.99 Å². The Hall–Kier alpha value is -2.05. The van der Waals surface area contributed by atoms with E-state index in [-0.39, 0.29) is 0 Å². The summed E-state index contributed by atoms with van der Waals surface area (Å²) in [7, 11) is 2.17. The number of hydrogen-bond acceptors (Lipinski definition) is 6. The van der Waals surface area contributed by atoms with Gasteiger partial charge < -0.3 is 20.3 Å². The molecule has 3 rings (SSSR count). The van der Waals surface area contributed by atoms with Crippen LogP contribution in [0.25, 0.3) is 0 Å². The van der Waals surface area contributed by atoms with Gasteiger partial charge in [-0.2, -0.15) is 0 Å². The average Bonchev–Trinajstić information content (AvgIpc) is 2.59. The number of rotatable bonds is 5. The molecule has 23 heavy (non-hydrogen) atoms. The van der Waals surface area contributed by atoms with Crippen LogP contribution in [0.5, 0.6) is 5.75 Å². The van der Waals surface area contributed by atoms with Crippen LogP contribution in [-0.2, 0) is 0 Å². The summed E-state index contributed by atoms with van der Waals surface area (Å²) in [5, 5.41) is 6.25. The molecule has 0 amide bonds. The predicted octanol–water partition coefficient (Wildman–Crippen LogP) is 1.36. The monoisotopic (exact) mass is 314 g/mol. The lowest BCUT2D eigenvalue weighted by atomic mass is 10.3. The first-order valence-electron chi connectivity index (χ1n) is 8.03. The van der Waals surface area contributed by atoms with Crippen LogP contribution in [0.4, 0.5) is 5.69 Å². The normalized spacial score (nSPS) is 19.1. The van der Waals surface area contributed by atoms with Crippen LogP contribution in [0, 0.1) is 6.54 Å². The minimum atomic E-state index is 0.719. The van der Waals surface area contributed by atoms with Crippen LogP contribution in [0.2, 0.25) is 0 Å². The van der Waals surface area contributed by atoms with E-state index in [4.69, 9.17) is 4.74 Å². The second-order valence-electron chi connectivity index (χ2n) is 5.77. The van der Waals surface area contributed by atoms with Gasteiger partial charge in [0.25, 0.3) is 0 Å². The Kier molecular flexibility index (Phi) is 5.50. The zero-order valence-electron chi connectivity index (χ0n) is 13.5. The second-order valence-corrected chi connectivity index (χ2v) is 5.77. The first kappa shape index (κ1) is 15.8. The first-order chi connectivity index (χ1) is 11.3. The Balaban J connectivity index is 1.40. The van der Waals surface area contributed by atoms with Crippen LogP contribution in [-0.4, -0.2) is 62.1 Å². The zero-order valence-corrected chi connectivity index (χ0v) is 13.5. The molecule has 6 nitrogen and oxygen atoms in total. The van der Waals surface area contributed by atoms with E-state index in [9.17, 15) is 0 Å². The molecule has 0 unspecified atom stereocenters. The molecule has 2 aliphatic heterocycles. The number of guanidine groups is 1. The molecule has 2 aliphatic rings. The molecule has 0 atom stereocenters. The van der Waals surface area contributed by atoms with Gasteiger partial charge in [0.2, 0.25) is 5.96 Å². The molecule has 123 valence electrons. The SMILES string of the molecule is CN1CCN(CCOc2ccc(NC3=NC=C[CH]N3)cc2)CC1. The van der Waals surface area contributed by atoms with Crippen molar-refractivity contribution in [2.75, 3.05) is 51.7 Å². The van der Waals surface area contributed by atoms with E-state index in [1.54, 1.807) is 6.20 Å². The van der Waals surface area contributed by atoms with Crippen molar-refractivity contribution in [1.82, 2.24) is 15.1 Å². The molecule has 2 heterocycles. The van der Waals surface area contributed by atoms with Crippen LogP contribution >= 0.6 is 0 Å². The number of hydrogen-bond donors (Lipinski definition) is 2. The van der Waals surface area contributed by atoms with Crippen molar-refractivity contribution in [3.63, 3.8) is 0 Å². The van der Waals surface area contributed by atoms with Gasteiger partial charge in [-0.3, -0.25) is 4.90 Å². The highest BCUT2D eigenvalue weighted by molar-refractivity contribution is 5.95. The smallest absolute Gasteiger partial charge is 0.200 e. The number of likely N-dealkylation sites (N-methyl/N-ethyl adjacent to an activating group) is 1. The van der Waals surface area contributed by atoms with Crippen LogP contribution in [0.3, 0.4) is 0 Å². The summed E-state index contributed by atoms with van der Waals surface area (Å²) >= 11 is 0. The van der Waals surface area contributed by atoms with Crippen LogP contribution < -0.4 is 15.4 Å². The van der Waals surface area contributed by atoms with E-state index in [1.807, 2.05) is 36.9 Å². The fourth-order valence-electron chi connectivity index (χ4n) is 2.53. The summed E-state index contributed by atoms with van der Waals surface area (Å²) in [6.07, 6.45) is 3.59. The number of nitrogens with one attached hydrogen (secondary N) is 2. The standard InChI is InChI=1S/C17H24N5O/c1-21-9-11-22(12-10-21)13-14-23-16-5-3-15(4-6-16)20-17-18-7-2-8-19-17/h2-8H,9-14H2,1H3,(H2,18,19,20). The topological polar surface area (TPSA) is 52.1 Å². The summed E-state index contributed by atoms with van der Waals surface area (Å²) in [5.41, 5.74) is 0.978. The third-order valence-corrected chi connectivity index (χ3v) is 4.00. The average molecular weight is 314 g/mol. The Morgan fingerprint density at radius 1 is 1.17 bits per heavy atom. The van der Waals surface area contributed by atoms with Crippen molar-refractivity contribution in [1.29, 1.82) is 0 Å². The summed E-state index contributed by atoms with van der Waals surface area (Å²) in [6.45, 7) is 8.09. The molecular formula is C17H24N5O. The van der Waals surface area contributed by atoms with Crippen molar-refractivity contribution in [3.05, 3.63) is 43.1 Å². The lowest BCUT2D eigenvalue weighted by Gasteiger charge is -2.32. The minimum Gasteiger partial charge on any atom is -0.492 e. The highest BCUT2D eigenvalue weighted by Crippen LogP contribution is 2.16. The van der Waals surface area contributed by atoms with Gasteiger partial charge in [0, 0.05) is 44.6 Å². The lowest BCUT2D eigenvalue weighted by Crippen LogP contribution is -2.45. The van der Waals surface area contributed by atoms with Gasteiger partial charge in [0.05, 0.1) is 6.54 Å². The Labute approximate surface area is 137 Å². The molecule has 1 radical (unpaired) electrons. The molecular weight excluding hydrogens is 290 g/mol. The van der Waals surface area contributed by atoms with Gasteiger partial charge >= 0.3 is 0 Å². The number of nitrogens with zero attached hydrogens (tertiary/aromatic N) is 3. The Bertz CT molecular complexity index is 547. The highest BCUT2D eigenvalue weighted by Gasteiger charge is 2.13. The van der Waals surface area contributed by atoms with Gasteiger partial charge in [-0.15, -0.1) is 0 Å². The maximum atomic E-state index is 5.83. The third kappa shape index (κ3) is 4.97. The molecule has 0 saturated carbocycles. The molecule has 1 saturated heterocycles. The van der Waals surface area contributed by atoms with E-state index in [1.165, 1.54) is 0 Å². The van der Waals surface area contributed by atoms with E-state index >= 15 is 0 Å². The third-order valence-electron chi connectivity index (χ3n) is 4.00. The van der Waals surface area contributed by atoms with Crippen LogP contribution in [0.1, 0.15) is 0 Å². The van der Waals surface area contributed by atoms with E-state index < -0.39 is 0 Å². The van der Waals surface area contributed by atoms with Crippen molar-refractivity contribution in [3.8, 4) is 5.75 Å². The zero-order chi connectivity index (χ0) is 15.9. The van der Waals surface area contributed by atoms with Crippen molar-refractivity contribution in [2.24, 2.45) is 4.99 Å². The number of piperazine rings is 1. The molecule has 1 aromatic rings. The summed E-state index contributed by atoms with van der Waals surface area (Å²) in [4.78, 5) is 9.01. The lowest BCUT2D eigenvalue weighted by molar-refractivity contribution is 0.134. The molecule has 0 bridgehead atoms. The first-order valence-corrected chi connectivity index (χ1v) is 8.03. The number of anilines is 1. The molecule has 0 aliphatic carbocycles. The van der Waals surface area contributed by atoms with Crippen molar-refractivity contribution >= 4 is 11.6 Å². The molecule has 6 heteroatoms. The summed E-state index contributed by atoms with van der Waals surface area (Å²) in [5.74, 6) is 1.62. The molecule has 1 fully saturated rings. The van der Waals surface area contributed by atoms with E-state index in [0.29, 0.717) is 0 Å². The largest absolute Gasteiger partial charge is 0.492 e. The molecule has 0 spiro atoms. The van der Waals surface area contributed by atoms with Gasteiger partial charge in [-0.05, 0) is 37.4 Å². The molecule has 2 N–H and O–H groups in total. The fourth-order valence-corrected chi connectivity index (χ4v) is 2.53. The maximum Gasteiger partial charge on any atom is 0.200 e. The predicted molar refractivity (Wildman–Crippen MR) is 93.5 cm³/mol. The highest BCUT2D eigenvalue weighted by atomic mass is 16.5. The minimum absolute atomic E-state index is 0.719. The van der Waals surface area contributed by atoms with Gasteiger partial charge in [-0.1, -0.05) is 0 Å². The van der Waals surface area contributed by atoms with E-state index in [0.717, 1.165) is 56.7 Å². The summed E-state index contributed by atoms with van der Waals surface area (Å²) < 4.78 is 5.83. The Morgan fingerprint density at radius 3 is 2.65 bits per heavy atom. The molecule has 0 aromatic heterocycles. The maximum absolute atomic E-state index is 5.83. The molecule has 1 aromatic carbocycles. The number of aliphatic imine (C=N–C) groups is 1. The van der Waals surface area contributed by atoms with Crippen LogP contribution in [0.15, 0.2) is 41.5 Å². The van der Waals surface area contributed by atoms with Gasteiger partial charge in [0.1, 0.15) is 12.4 Å². The second kappa shape index (κ2) is 7.99. The van der Waals surface area contributed by atoms with E-state index in [2.05, 4.69) is 32.5 Å².